The Balaban J connectivity index is 1.58. The van der Waals surface area contributed by atoms with Crippen molar-refractivity contribution in [1.29, 1.82) is 0 Å². The van der Waals surface area contributed by atoms with Gasteiger partial charge in [-0.25, -0.2) is 9.78 Å². The minimum absolute atomic E-state index is 0.220. The number of imide groups is 1. The fourth-order valence-electron chi connectivity index (χ4n) is 2.65. The third-order valence-corrected chi connectivity index (χ3v) is 4.90. The molecular weight excluding hydrogens is 352 g/mol. The van der Waals surface area contributed by atoms with Gasteiger partial charge in [0.2, 0.25) is 0 Å². The maximum atomic E-state index is 12.4. The molecule has 0 bridgehead atoms. The molecule has 3 aromatic rings. The number of carbonyl (C=O) groups is 3. The van der Waals surface area contributed by atoms with Gasteiger partial charge in [0.1, 0.15) is 5.01 Å². The van der Waals surface area contributed by atoms with Gasteiger partial charge in [-0.2, -0.15) is 0 Å². The molecule has 0 saturated heterocycles. The molecule has 0 fully saturated rings. The molecule has 2 heterocycles. The number of carbonyl (C=O) groups excluding carboxylic acids is 3. The zero-order chi connectivity index (χ0) is 18.3. The Hall–Kier alpha value is -3.32. The number of thiazole rings is 1. The topological polar surface area (TPSA) is 76.6 Å². The van der Waals surface area contributed by atoms with Crippen LogP contribution in [0.3, 0.4) is 0 Å². The van der Waals surface area contributed by atoms with E-state index in [1.807, 2.05) is 18.4 Å². The molecule has 6 nitrogen and oxygen atoms in total. The predicted molar refractivity (Wildman–Crippen MR) is 94.6 cm³/mol. The lowest BCUT2D eigenvalue weighted by atomic mass is 10.1. The van der Waals surface area contributed by atoms with Crippen molar-refractivity contribution in [2.24, 2.45) is 0 Å². The van der Waals surface area contributed by atoms with Crippen molar-refractivity contribution in [3.63, 3.8) is 0 Å². The van der Waals surface area contributed by atoms with Gasteiger partial charge in [0.25, 0.3) is 11.8 Å². The predicted octanol–water partition coefficient (Wildman–Crippen LogP) is 3.49. The number of benzene rings is 2. The van der Waals surface area contributed by atoms with Crippen LogP contribution in [0.5, 0.6) is 0 Å². The minimum Gasteiger partial charge on any atom is -0.324 e. The maximum Gasteiger partial charge on any atom is 0.363 e. The van der Waals surface area contributed by atoms with Crippen LogP contribution in [-0.2, 0) is 4.84 Å². The molecule has 1 aliphatic rings. The molecule has 0 atom stereocenters. The van der Waals surface area contributed by atoms with Gasteiger partial charge in [0.05, 0.1) is 16.7 Å². The van der Waals surface area contributed by atoms with Gasteiger partial charge in [-0.1, -0.05) is 29.3 Å². The van der Waals surface area contributed by atoms with Crippen LogP contribution in [0.1, 0.15) is 36.8 Å². The smallest absolute Gasteiger partial charge is 0.324 e. The highest BCUT2D eigenvalue weighted by Gasteiger charge is 2.38. The fraction of sp³-hybridized carbons (Fsp3) is 0.0526. The van der Waals surface area contributed by atoms with Gasteiger partial charge in [-0.05, 0) is 31.2 Å². The summed E-state index contributed by atoms with van der Waals surface area (Å²) in [6.45, 7) is 1.89. The Kier molecular flexibility index (Phi) is 3.85. The van der Waals surface area contributed by atoms with E-state index in [-0.39, 0.29) is 16.7 Å². The largest absolute Gasteiger partial charge is 0.363 e. The van der Waals surface area contributed by atoms with E-state index < -0.39 is 17.8 Å². The molecule has 7 heteroatoms. The summed E-state index contributed by atoms with van der Waals surface area (Å²) in [6, 6.07) is 13.1. The van der Waals surface area contributed by atoms with Crippen molar-refractivity contribution in [3.8, 4) is 10.6 Å². The second-order valence-corrected chi connectivity index (χ2v) is 6.56. The summed E-state index contributed by atoms with van der Waals surface area (Å²) in [5.41, 5.74) is 2.32. The Bertz CT molecular complexity index is 1020. The van der Waals surface area contributed by atoms with Crippen LogP contribution in [0.4, 0.5) is 0 Å². The number of aromatic nitrogens is 1. The lowest BCUT2D eigenvalue weighted by molar-refractivity contribution is -0.0584. The second-order valence-electron chi connectivity index (χ2n) is 5.70. The van der Waals surface area contributed by atoms with Crippen molar-refractivity contribution in [2.75, 3.05) is 0 Å². The van der Waals surface area contributed by atoms with Crippen LogP contribution in [0.2, 0.25) is 0 Å². The normalized spacial score (nSPS) is 13.0. The molecule has 0 radical (unpaired) electrons. The summed E-state index contributed by atoms with van der Waals surface area (Å²) in [4.78, 5) is 46.5. The molecule has 26 heavy (non-hydrogen) atoms. The zero-order valence-electron chi connectivity index (χ0n) is 13.6. The lowest BCUT2D eigenvalue weighted by Gasteiger charge is -2.12. The first kappa shape index (κ1) is 16.2. The maximum absolute atomic E-state index is 12.4. The summed E-state index contributed by atoms with van der Waals surface area (Å²) in [6.07, 6.45) is 0. The molecule has 1 aromatic heterocycles. The van der Waals surface area contributed by atoms with E-state index >= 15 is 0 Å². The molecule has 0 N–H and O–H groups in total. The van der Waals surface area contributed by atoms with Crippen LogP contribution in [-0.4, -0.2) is 27.8 Å². The number of rotatable bonds is 3. The minimum atomic E-state index is -0.783. The van der Waals surface area contributed by atoms with Crippen LogP contribution in [0.15, 0.2) is 53.9 Å². The molecule has 0 aliphatic carbocycles. The van der Waals surface area contributed by atoms with Crippen molar-refractivity contribution in [2.45, 2.75) is 6.92 Å². The summed E-state index contributed by atoms with van der Waals surface area (Å²) < 4.78 is 0. The van der Waals surface area contributed by atoms with Gasteiger partial charge >= 0.3 is 5.97 Å². The molecule has 0 spiro atoms. The monoisotopic (exact) mass is 364 g/mol. The van der Waals surface area contributed by atoms with Crippen molar-refractivity contribution in [1.82, 2.24) is 10.0 Å². The number of hydrogen-bond donors (Lipinski definition) is 0. The first-order chi connectivity index (χ1) is 12.5. The molecule has 4 rings (SSSR count). The molecule has 1 aliphatic heterocycles. The number of hydrogen-bond acceptors (Lipinski definition) is 6. The summed E-state index contributed by atoms with van der Waals surface area (Å²) in [7, 11) is 0. The van der Waals surface area contributed by atoms with Gasteiger partial charge in [0, 0.05) is 16.6 Å². The quantitative estimate of drug-likeness (QED) is 0.665. The van der Waals surface area contributed by atoms with Crippen LogP contribution >= 0.6 is 11.3 Å². The molecule has 0 saturated carbocycles. The van der Waals surface area contributed by atoms with E-state index in [1.165, 1.54) is 23.5 Å². The van der Waals surface area contributed by atoms with E-state index in [1.54, 1.807) is 30.3 Å². The summed E-state index contributed by atoms with van der Waals surface area (Å²) in [5.74, 6) is -2.08. The van der Waals surface area contributed by atoms with Crippen LogP contribution in [0.25, 0.3) is 10.6 Å². The number of nitrogens with zero attached hydrogens (tertiary/aromatic N) is 2. The second kappa shape index (κ2) is 6.20. The van der Waals surface area contributed by atoms with E-state index in [0.29, 0.717) is 5.06 Å². The van der Waals surface area contributed by atoms with E-state index in [2.05, 4.69) is 4.98 Å². The Morgan fingerprint density at radius 2 is 1.73 bits per heavy atom. The van der Waals surface area contributed by atoms with Crippen molar-refractivity contribution >= 4 is 29.1 Å². The highest BCUT2D eigenvalue weighted by molar-refractivity contribution is 7.13. The Morgan fingerprint density at radius 1 is 1.04 bits per heavy atom. The zero-order valence-corrected chi connectivity index (χ0v) is 14.4. The van der Waals surface area contributed by atoms with E-state index in [0.717, 1.165) is 16.3 Å². The van der Waals surface area contributed by atoms with Gasteiger partial charge < -0.3 is 4.84 Å². The Labute approximate surface area is 152 Å². The standard InChI is InChI=1S/C19H12N2O4S/c1-11-10-26-16(20-11)12-5-4-6-13(9-12)19(24)25-21-17(22)14-7-2-3-8-15(14)18(21)23/h2-10H,1H3. The molecule has 128 valence electrons. The average Bonchev–Trinajstić information content (AvgIpc) is 3.20. The Morgan fingerprint density at radius 3 is 2.35 bits per heavy atom. The number of aryl methyl sites for hydroxylation is 1. The fourth-order valence-corrected chi connectivity index (χ4v) is 3.45. The van der Waals surface area contributed by atoms with E-state index in [4.69, 9.17) is 4.84 Å². The third kappa shape index (κ3) is 2.68. The first-order valence-corrected chi connectivity index (χ1v) is 8.65. The lowest BCUT2D eigenvalue weighted by Crippen LogP contribution is -2.32. The average molecular weight is 364 g/mol. The molecular formula is C19H12N2O4S. The SMILES string of the molecule is Cc1csc(-c2cccc(C(=O)ON3C(=O)c4ccccc4C3=O)c2)n1. The molecule has 2 aromatic carbocycles. The third-order valence-electron chi connectivity index (χ3n) is 3.90. The van der Waals surface area contributed by atoms with Gasteiger partial charge in [-0.15, -0.1) is 11.3 Å². The number of hydroxylamine groups is 2. The van der Waals surface area contributed by atoms with Gasteiger partial charge in [-0.3, -0.25) is 9.59 Å². The molecule has 2 amide bonds. The van der Waals surface area contributed by atoms with Crippen molar-refractivity contribution in [3.05, 3.63) is 76.3 Å². The number of fused-ring (bicyclic) bond motifs is 1. The first-order valence-electron chi connectivity index (χ1n) is 7.77. The number of amides is 2. The molecule has 0 unspecified atom stereocenters. The van der Waals surface area contributed by atoms with Crippen LogP contribution in [0, 0.1) is 6.92 Å². The van der Waals surface area contributed by atoms with Crippen LogP contribution < -0.4 is 0 Å². The highest BCUT2D eigenvalue weighted by Crippen LogP contribution is 2.26. The van der Waals surface area contributed by atoms with Gasteiger partial charge in [0.15, 0.2) is 0 Å². The van der Waals surface area contributed by atoms with Crippen molar-refractivity contribution < 1.29 is 19.2 Å². The summed E-state index contributed by atoms with van der Waals surface area (Å²) >= 11 is 1.47. The summed E-state index contributed by atoms with van der Waals surface area (Å²) in [5, 5.41) is 3.20. The van der Waals surface area contributed by atoms with E-state index in [9.17, 15) is 14.4 Å². The highest BCUT2D eigenvalue weighted by atomic mass is 32.1.